The van der Waals surface area contributed by atoms with Crippen LogP contribution in [0.25, 0.3) is 0 Å². The van der Waals surface area contributed by atoms with Crippen molar-refractivity contribution in [3.8, 4) is 5.75 Å². The number of nitrogens with two attached hydrogens (primary N) is 1. The molecule has 3 aromatic rings. The Morgan fingerprint density at radius 1 is 1.26 bits per heavy atom. The molecule has 2 heterocycles. The van der Waals surface area contributed by atoms with E-state index >= 15 is 0 Å². The highest BCUT2D eigenvalue weighted by atomic mass is 35.5. The molecule has 164 valence electrons. The van der Waals surface area contributed by atoms with Crippen LogP contribution in [0.15, 0.2) is 56.7 Å². The lowest BCUT2D eigenvalue weighted by molar-refractivity contribution is -0.120. The Kier molecular flexibility index (Phi) is 7.19. The van der Waals surface area contributed by atoms with Gasteiger partial charge in [0.25, 0.3) is 11.5 Å². The number of carbonyl (C=O) groups is 1. The number of furan rings is 1. The summed E-state index contributed by atoms with van der Waals surface area (Å²) in [6.07, 6.45) is 2.96. The van der Waals surface area contributed by atoms with Crippen LogP contribution in [0.4, 0.5) is 11.5 Å². The van der Waals surface area contributed by atoms with Gasteiger partial charge in [0, 0.05) is 11.6 Å². The fourth-order valence-corrected chi connectivity index (χ4v) is 3.11. The number of anilines is 2. The number of benzene rings is 1. The number of unbranched alkanes of at least 4 members (excludes halogenated alkanes) is 1. The summed E-state index contributed by atoms with van der Waals surface area (Å²) in [5.41, 5.74) is 4.67. The maximum Gasteiger partial charge on any atom is 0.330 e. The number of hydrogen-bond acceptors (Lipinski definition) is 6. The molecule has 0 saturated carbocycles. The van der Waals surface area contributed by atoms with Crippen molar-refractivity contribution in [3.05, 3.63) is 74.3 Å². The predicted molar refractivity (Wildman–Crippen MR) is 117 cm³/mol. The lowest BCUT2D eigenvalue weighted by atomic mass is 10.3. The Bertz CT molecular complexity index is 1140. The molecule has 3 rings (SSSR count). The standard InChI is InChI=1S/C21H23ClN4O5/c1-2-3-10-25-19(23)18(20(28)24-21(25)29)26(12-16-5-4-11-30-16)17(27)13-31-15-8-6-14(22)7-9-15/h4-9,11H,2-3,10,12-13,23H2,1H3,(H,24,28,29). The quantitative estimate of drug-likeness (QED) is 0.521. The number of nitrogen functional groups attached to an aromatic ring is 1. The molecule has 31 heavy (non-hydrogen) atoms. The van der Waals surface area contributed by atoms with Gasteiger partial charge in [0.15, 0.2) is 12.3 Å². The number of nitrogens with one attached hydrogen (secondary N) is 1. The van der Waals surface area contributed by atoms with Gasteiger partial charge in [0.05, 0.1) is 12.8 Å². The minimum absolute atomic E-state index is 0.0604. The predicted octanol–water partition coefficient (Wildman–Crippen LogP) is 2.78. The maximum absolute atomic E-state index is 13.1. The first-order chi connectivity index (χ1) is 14.9. The normalized spacial score (nSPS) is 10.8. The molecule has 2 aromatic heterocycles. The van der Waals surface area contributed by atoms with E-state index in [-0.39, 0.29) is 24.7 Å². The van der Waals surface area contributed by atoms with Crippen molar-refractivity contribution < 1.29 is 13.9 Å². The average molecular weight is 447 g/mol. The van der Waals surface area contributed by atoms with Crippen LogP contribution in [-0.2, 0) is 17.9 Å². The second-order valence-electron chi connectivity index (χ2n) is 6.80. The number of amides is 1. The topological polar surface area (TPSA) is 124 Å². The zero-order chi connectivity index (χ0) is 22.4. The van der Waals surface area contributed by atoms with E-state index in [4.69, 9.17) is 26.5 Å². The molecular weight excluding hydrogens is 424 g/mol. The van der Waals surface area contributed by atoms with Crippen LogP contribution in [0, 0.1) is 0 Å². The van der Waals surface area contributed by atoms with Gasteiger partial charge >= 0.3 is 5.69 Å². The van der Waals surface area contributed by atoms with Crippen LogP contribution >= 0.6 is 11.6 Å². The second kappa shape index (κ2) is 10.0. The number of carbonyl (C=O) groups excluding carboxylic acids is 1. The third kappa shape index (κ3) is 5.37. The van der Waals surface area contributed by atoms with Gasteiger partial charge in [-0.1, -0.05) is 24.9 Å². The molecule has 1 amide bonds. The molecule has 0 aliphatic carbocycles. The molecule has 0 atom stereocenters. The molecule has 0 unspecified atom stereocenters. The van der Waals surface area contributed by atoms with Crippen molar-refractivity contribution in [1.29, 1.82) is 0 Å². The molecule has 0 bridgehead atoms. The lowest BCUT2D eigenvalue weighted by Gasteiger charge is -2.23. The maximum atomic E-state index is 13.1. The summed E-state index contributed by atoms with van der Waals surface area (Å²) in [5.74, 6) is 0.244. The summed E-state index contributed by atoms with van der Waals surface area (Å²) in [7, 11) is 0. The van der Waals surface area contributed by atoms with Crippen molar-refractivity contribution in [3.63, 3.8) is 0 Å². The van der Waals surface area contributed by atoms with Gasteiger partial charge < -0.3 is 14.9 Å². The molecule has 3 N–H and O–H groups in total. The number of halogens is 1. The van der Waals surface area contributed by atoms with Crippen LogP contribution in [0.5, 0.6) is 5.75 Å². The number of ether oxygens (including phenoxy) is 1. The first-order valence-electron chi connectivity index (χ1n) is 9.74. The van der Waals surface area contributed by atoms with Crippen molar-refractivity contribution >= 4 is 29.0 Å². The van der Waals surface area contributed by atoms with E-state index in [0.29, 0.717) is 29.5 Å². The van der Waals surface area contributed by atoms with E-state index in [2.05, 4.69) is 4.98 Å². The summed E-state index contributed by atoms with van der Waals surface area (Å²) < 4.78 is 12.1. The van der Waals surface area contributed by atoms with Crippen molar-refractivity contribution in [2.75, 3.05) is 17.2 Å². The minimum atomic E-state index is -0.762. The highest BCUT2D eigenvalue weighted by Crippen LogP contribution is 2.21. The fraction of sp³-hybridized carbons (Fsp3) is 0.286. The molecule has 1 aromatic carbocycles. The summed E-state index contributed by atoms with van der Waals surface area (Å²) in [5, 5.41) is 0.534. The summed E-state index contributed by atoms with van der Waals surface area (Å²) in [6, 6.07) is 9.84. The Morgan fingerprint density at radius 3 is 2.65 bits per heavy atom. The number of aromatic nitrogens is 2. The average Bonchev–Trinajstić information content (AvgIpc) is 3.25. The Labute approximate surface area is 183 Å². The van der Waals surface area contributed by atoms with E-state index in [1.165, 1.54) is 10.8 Å². The summed E-state index contributed by atoms with van der Waals surface area (Å²) >= 11 is 5.86. The molecule has 0 radical (unpaired) electrons. The molecule has 0 fully saturated rings. The van der Waals surface area contributed by atoms with Crippen molar-refractivity contribution in [1.82, 2.24) is 9.55 Å². The Morgan fingerprint density at radius 2 is 2.00 bits per heavy atom. The summed E-state index contributed by atoms with van der Waals surface area (Å²) in [4.78, 5) is 41.3. The molecule has 0 saturated heterocycles. The van der Waals surface area contributed by atoms with E-state index in [1.54, 1.807) is 36.4 Å². The minimum Gasteiger partial charge on any atom is -0.484 e. The van der Waals surface area contributed by atoms with Gasteiger partial charge in [-0.25, -0.2) is 4.79 Å². The fourth-order valence-electron chi connectivity index (χ4n) is 2.98. The van der Waals surface area contributed by atoms with Crippen LogP contribution < -0.4 is 26.6 Å². The smallest absolute Gasteiger partial charge is 0.330 e. The van der Waals surface area contributed by atoms with Crippen LogP contribution in [0.1, 0.15) is 25.5 Å². The van der Waals surface area contributed by atoms with Crippen molar-refractivity contribution in [2.45, 2.75) is 32.9 Å². The first kappa shape index (κ1) is 22.2. The van der Waals surface area contributed by atoms with Gasteiger partial charge in [-0.05, 0) is 42.8 Å². The van der Waals surface area contributed by atoms with Gasteiger partial charge in [-0.2, -0.15) is 0 Å². The summed E-state index contributed by atoms with van der Waals surface area (Å²) in [6.45, 7) is 1.86. The van der Waals surface area contributed by atoms with Crippen LogP contribution in [0.3, 0.4) is 0 Å². The third-order valence-corrected chi connectivity index (χ3v) is 4.84. The van der Waals surface area contributed by atoms with Crippen LogP contribution in [0.2, 0.25) is 5.02 Å². The van der Waals surface area contributed by atoms with Crippen molar-refractivity contribution in [2.24, 2.45) is 0 Å². The molecular formula is C21H23ClN4O5. The SMILES string of the molecule is CCCCn1c(N)c(N(Cc2ccco2)C(=O)COc2ccc(Cl)cc2)c(=O)[nH]c1=O. The van der Waals surface area contributed by atoms with E-state index in [9.17, 15) is 14.4 Å². The zero-order valence-corrected chi connectivity index (χ0v) is 17.7. The first-order valence-corrected chi connectivity index (χ1v) is 10.1. The number of aromatic amines is 1. The highest BCUT2D eigenvalue weighted by molar-refractivity contribution is 6.30. The molecule has 0 spiro atoms. The van der Waals surface area contributed by atoms with E-state index in [1.807, 2.05) is 6.92 Å². The Hall–Kier alpha value is -3.46. The van der Waals surface area contributed by atoms with Gasteiger partial charge in [-0.3, -0.25) is 24.0 Å². The van der Waals surface area contributed by atoms with Gasteiger partial charge in [-0.15, -0.1) is 0 Å². The van der Waals surface area contributed by atoms with Gasteiger partial charge in [0.1, 0.15) is 17.3 Å². The number of hydrogen-bond donors (Lipinski definition) is 2. The number of nitrogens with zero attached hydrogens (tertiary/aromatic N) is 2. The van der Waals surface area contributed by atoms with E-state index in [0.717, 1.165) is 11.3 Å². The molecule has 9 nitrogen and oxygen atoms in total. The monoisotopic (exact) mass is 446 g/mol. The number of H-pyrrole nitrogens is 1. The van der Waals surface area contributed by atoms with Crippen LogP contribution in [-0.4, -0.2) is 22.1 Å². The third-order valence-electron chi connectivity index (χ3n) is 4.59. The Balaban J connectivity index is 1.95. The van der Waals surface area contributed by atoms with Gasteiger partial charge in [0.2, 0.25) is 0 Å². The molecule has 0 aliphatic rings. The lowest BCUT2D eigenvalue weighted by Crippen LogP contribution is -2.42. The second-order valence-corrected chi connectivity index (χ2v) is 7.24. The highest BCUT2D eigenvalue weighted by Gasteiger charge is 2.25. The van der Waals surface area contributed by atoms with E-state index < -0.39 is 17.2 Å². The zero-order valence-electron chi connectivity index (χ0n) is 17.0. The number of rotatable bonds is 9. The molecule has 0 aliphatic heterocycles. The largest absolute Gasteiger partial charge is 0.484 e. The molecule has 10 heteroatoms.